The number of rotatable bonds is 2. The van der Waals surface area contributed by atoms with Crippen molar-refractivity contribution in [3.05, 3.63) is 41.5 Å². The molecule has 3 heterocycles. The van der Waals surface area contributed by atoms with Gasteiger partial charge in [-0.15, -0.1) is 0 Å². The quantitative estimate of drug-likeness (QED) is 0.838. The second kappa shape index (κ2) is 5.27. The first-order chi connectivity index (χ1) is 10.0. The highest BCUT2D eigenvalue weighted by molar-refractivity contribution is 5.91. The van der Waals surface area contributed by atoms with E-state index in [1.54, 1.807) is 17.0 Å². The van der Waals surface area contributed by atoms with Gasteiger partial charge >= 0.3 is 0 Å². The molecule has 0 aromatic carbocycles. The summed E-state index contributed by atoms with van der Waals surface area (Å²) < 4.78 is 1.75. The van der Waals surface area contributed by atoms with Gasteiger partial charge in [0, 0.05) is 49.8 Å². The predicted octanol–water partition coefficient (Wildman–Crippen LogP) is 1.46. The number of aromatic nitrogens is 4. The van der Waals surface area contributed by atoms with Gasteiger partial charge < -0.3 is 9.47 Å². The summed E-state index contributed by atoms with van der Waals surface area (Å²) in [6, 6.07) is 1.97. The van der Waals surface area contributed by atoms with Crippen LogP contribution in [0.1, 0.15) is 40.2 Å². The van der Waals surface area contributed by atoms with Gasteiger partial charge in [-0.1, -0.05) is 0 Å². The van der Waals surface area contributed by atoms with Crippen LogP contribution < -0.4 is 0 Å². The van der Waals surface area contributed by atoms with Gasteiger partial charge in [0.2, 0.25) is 0 Å². The third kappa shape index (κ3) is 2.66. The normalized spacial score (nSPS) is 18.2. The molecule has 1 fully saturated rings. The Hall–Kier alpha value is -2.24. The third-order valence-electron chi connectivity index (χ3n) is 3.85. The molecule has 3 rings (SSSR count). The highest BCUT2D eigenvalue weighted by Crippen LogP contribution is 2.26. The van der Waals surface area contributed by atoms with Crippen LogP contribution >= 0.6 is 0 Å². The van der Waals surface area contributed by atoms with Crippen LogP contribution in [0, 0.1) is 13.8 Å². The summed E-state index contributed by atoms with van der Waals surface area (Å²) in [4.78, 5) is 27.4. The zero-order valence-electron chi connectivity index (χ0n) is 12.6. The molecule has 1 atom stereocenters. The summed E-state index contributed by atoms with van der Waals surface area (Å²) in [5.74, 6) is 1.53. The van der Waals surface area contributed by atoms with Crippen molar-refractivity contribution in [2.75, 3.05) is 13.1 Å². The average molecular weight is 285 g/mol. The molecule has 1 aliphatic rings. The average Bonchev–Trinajstić information content (AvgIpc) is 3.05. The molecule has 6 nitrogen and oxygen atoms in total. The van der Waals surface area contributed by atoms with Crippen LogP contribution in [0.25, 0.3) is 0 Å². The van der Waals surface area contributed by atoms with Crippen molar-refractivity contribution in [2.45, 2.75) is 26.2 Å². The summed E-state index contributed by atoms with van der Waals surface area (Å²) in [7, 11) is 1.83. The number of likely N-dealkylation sites (tertiary alicyclic amines) is 1. The Labute approximate surface area is 123 Å². The molecule has 0 bridgehead atoms. The standard InChI is InChI=1S/C15H19N5O/c1-10-8-11(2)18-13(17-10)12-4-6-20(9-12)15(21)14-16-5-7-19(14)3/h5,7-8,12H,4,6,9H2,1-3H3/t12-/m0/s1. The first-order valence-electron chi connectivity index (χ1n) is 7.13. The highest BCUT2D eigenvalue weighted by Gasteiger charge is 2.31. The molecular formula is C15H19N5O. The first-order valence-corrected chi connectivity index (χ1v) is 7.13. The van der Waals surface area contributed by atoms with Gasteiger partial charge in [0.05, 0.1) is 0 Å². The fourth-order valence-electron chi connectivity index (χ4n) is 2.80. The van der Waals surface area contributed by atoms with E-state index >= 15 is 0 Å². The number of imidazole rings is 1. The number of carbonyl (C=O) groups excluding carboxylic acids is 1. The molecule has 110 valence electrons. The molecule has 0 radical (unpaired) electrons. The summed E-state index contributed by atoms with van der Waals surface area (Å²) in [5, 5.41) is 0. The monoisotopic (exact) mass is 285 g/mol. The topological polar surface area (TPSA) is 63.9 Å². The van der Waals surface area contributed by atoms with Crippen molar-refractivity contribution in [3.63, 3.8) is 0 Å². The summed E-state index contributed by atoms with van der Waals surface area (Å²) in [5.41, 5.74) is 1.96. The molecule has 0 N–H and O–H groups in total. The van der Waals surface area contributed by atoms with E-state index in [9.17, 15) is 4.79 Å². The Morgan fingerprint density at radius 3 is 2.62 bits per heavy atom. The van der Waals surface area contributed by atoms with E-state index in [4.69, 9.17) is 0 Å². The molecular weight excluding hydrogens is 266 g/mol. The van der Waals surface area contributed by atoms with Gasteiger partial charge in [-0.25, -0.2) is 15.0 Å². The molecule has 0 spiro atoms. The third-order valence-corrected chi connectivity index (χ3v) is 3.85. The number of hydrogen-bond donors (Lipinski definition) is 0. The van der Waals surface area contributed by atoms with Crippen molar-refractivity contribution in [2.24, 2.45) is 7.05 Å². The van der Waals surface area contributed by atoms with Gasteiger partial charge in [0.15, 0.2) is 5.82 Å². The SMILES string of the molecule is Cc1cc(C)nc([C@H]2CCN(C(=O)c3nccn3C)C2)n1. The largest absolute Gasteiger partial charge is 0.335 e. The lowest BCUT2D eigenvalue weighted by molar-refractivity contribution is 0.0775. The van der Waals surface area contributed by atoms with E-state index in [2.05, 4.69) is 15.0 Å². The van der Waals surface area contributed by atoms with Crippen LogP contribution in [0.2, 0.25) is 0 Å². The van der Waals surface area contributed by atoms with Crippen LogP contribution in [-0.2, 0) is 7.05 Å². The lowest BCUT2D eigenvalue weighted by Gasteiger charge is -2.16. The minimum absolute atomic E-state index is 0.0191. The van der Waals surface area contributed by atoms with E-state index in [-0.39, 0.29) is 11.8 Å². The fourth-order valence-corrected chi connectivity index (χ4v) is 2.80. The van der Waals surface area contributed by atoms with E-state index in [0.717, 1.165) is 30.2 Å². The molecule has 2 aromatic heterocycles. The van der Waals surface area contributed by atoms with Crippen LogP contribution in [0.4, 0.5) is 0 Å². The summed E-state index contributed by atoms with van der Waals surface area (Å²) in [6.45, 7) is 5.34. The second-order valence-electron chi connectivity index (χ2n) is 5.61. The van der Waals surface area contributed by atoms with Gasteiger partial charge in [0.25, 0.3) is 5.91 Å². The summed E-state index contributed by atoms with van der Waals surface area (Å²) in [6.07, 6.45) is 4.33. The van der Waals surface area contributed by atoms with E-state index in [1.807, 2.05) is 31.9 Å². The van der Waals surface area contributed by atoms with Gasteiger partial charge in [-0.3, -0.25) is 4.79 Å². The molecule has 1 amide bonds. The molecule has 1 aliphatic heterocycles. The van der Waals surface area contributed by atoms with Crippen LogP contribution in [0.15, 0.2) is 18.5 Å². The van der Waals surface area contributed by atoms with Crippen LogP contribution in [-0.4, -0.2) is 43.4 Å². The van der Waals surface area contributed by atoms with Crippen molar-refractivity contribution < 1.29 is 4.79 Å². The van der Waals surface area contributed by atoms with Crippen molar-refractivity contribution in [1.82, 2.24) is 24.4 Å². The highest BCUT2D eigenvalue weighted by atomic mass is 16.2. The lowest BCUT2D eigenvalue weighted by atomic mass is 10.1. The lowest BCUT2D eigenvalue weighted by Crippen LogP contribution is -2.30. The smallest absolute Gasteiger partial charge is 0.289 e. The Balaban J connectivity index is 1.76. The van der Waals surface area contributed by atoms with E-state index in [1.165, 1.54) is 0 Å². The van der Waals surface area contributed by atoms with E-state index < -0.39 is 0 Å². The maximum atomic E-state index is 12.4. The van der Waals surface area contributed by atoms with Crippen molar-refractivity contribution in [1.29, 1.82) is 0 Å². The Bertz CT molecular complexity index is 658. The fraction of sp³-hybridized carbons (Fsp3) is 0.467. The Morgan fingerprint density at radius 1 is 1.29 bits per heavy atom. The first kappa shape index (κ1) is 13.7. The number of nitrogens with zero attached hydrogens (tertiary/aromatic N) is 5. The van der Waals surface area contributed by atoms with Gasteiger partial charge in [0.1, 0.15) is 5.82 Å². The molecule has 0 aliphatic carbocycles. The number of carbonyl (C=O) groups is 1. The molecule has 2 aromatic rings. The van der Waals surface area contributed by atoms with E-state index in [0.29, 0.717) is 12.4 Å². The van der Waals surface area contributed by atoms with Crippen molar-refractivity contribution >= 4 is 5.91 Å². The van der Waals surface area contributed by atoms with Crippen LogP contribution in [0.3, 0.4) is 0 Å². The molecule has 1 saturated heterocycles. The minimum Gasteiger partial charge on any atom is -0.335 e. The Kier molecular flexibility index (Phi) is 3.45. The maximum Gasteiger partial charge on any atom is 0.289 e. The molecule has 21 heavy (non-hydrogen) atoms. The Morgan fingerprint density at radius 2 is 2.00 bits per heavy atom. The zero-order chi connectivity index (χ0) is 15.0. The molecule has 0 unspecified atom stereocenters. The molecule has 6 heteroatoms. The number of hydrogen-bond acceptors (Lipinski definition) is 4. The number of amides is 1. The number of aryl methyl sites for hydroxylation is 3. The van der Waals surface area contributed by atoms with Crippen LogP contribution in [0.5, 0.6) is 0 Å². The summed E-state index contributed by atoms with van der Waals surface area (Å²) >= 11 is 0. The van der Waals surface area contributed by atoms with Gasteiger partial charge in [-0.2, -0.15) is 0 Å². The second-order valence-corrected chi connectivity index (χ2v) is 5.61. The van der Waals surface area contributed by atoms with Gasteiger partial charge in [-0.05, 0) is 26.3 Å². The minimum atomic E-state index is -0.0191. The molecule has 0 saturated carbocycles. The predicted molar refractivity (Wildman–Crippen MR) is 78.0 cm³/mol. The van der Waals surface area contributed by atoms with Crippen molar-refractivity contribution in [3.8, 4) is 0 Å². The maximum absolute atomic E-state index is 12.4. The zero-order valence-corrected chi connectivity index (χ0v) is 12.6.